The lowest BCUT2D eigenvalue weighted by Crippen LogP contribution is -2.15. The van der Waals surface area contributed by atoms with Crippen LogP contribution in [-0.2, 0) is 6.42 Å². The van der Waals surface area contributed by atoms with E-state index in [1.165, 1.54) is 5.56 Å². The minimum absolute atomic E-state index is 1.01. The summed E-state index contributed by atoms with van der Waals surface area (Å²) >= 11 is 0. The van der Waals surface area contributed by atoms with Crippen LogP contribution in [-0.4, -0.2) is 36.7 Å². The molecule has 0 fully saturated rings. The normalized spacial score (nSPS) is 11.3. The number of benzene rings is 1. The van der Waals surface area contributed by atoms with Gasteiger partial charge in [-0.3, -0.25) is 9.98 Å². The third-order valence-electron chi connectivity index (χ3n) is 2.86. The molecule has 0 aliphatic heterocycles. The number of aliphatic imine (C=N–C) groups is 1. The largest absolute Gasteiger partial charge is 0.309 e. The van der Waals surface area contributed by atoms with Crippen molar-refractivity contribution in [1.29, 1.82) is 0 Å². The molecule has 0 aliphatic carbocycles. The lowest BCUT2D eigenvalue weighted by molar-refractivity contribution is 0.414. The second-order valence-electron chi connectivity index (χ2n) is 4.73. The van der Waals surface area contributed by atoms with E-state index in [2.05, 4.69) is 47.2 Å². The Balaban J connectivity index is 2.13. The van der Waals surface area contributed by atoms with Crippen LogP contribution >= 0.6 is 0 Å². The van der Waals surface area contributed by atoms with Crippen molar-refractivity contribution in [2.75, 3.05) is 20.6 Å². The Morgan fingerprint density at radius 1 is 1.16 bits per heavy atom. The van der Waals surface area contributed by atoms with Crippen LogP contribution in [0.15, 0.2) is 53.8 Å². The standard InChI is InChI=1S/C16H19N3/c1-19(2)11-9-15-7-3-4-8-16(15)18-13-14-6-5-10-17-12-14/h3-8,10,12-13H,9,11H2,1-2H3. The minimum Gasteiger partial charge on any atom is -0.309 e. The number of pyridine rings is 1. The molecule has 3 nitrogen and oxygen atoms in total. The van der Waals surface area contributed by atoms with E-state index in [9.17, 15) is 0 Å². The molecule has 0 atom stereocenters. The van der Waals surface area contributed by atoms with Crippen molar-refractivity contribution in [3.05, 3.63) is 59.9 Å². The first-order valence-electron chi connectivity index (χ1n) is 6.42. The summed E-state index contributed by atoms with van der Waals surface area (Å²) in [6.45, 7) is 1.03. The maximum absolute atomic E-state index is 4.57. The maximum atomic E-state index is 4.57. The number of hydrogen-bond donors (Lipinski definition) is 0. The van der Waals surface area contributed by atoms with Crippen molar-refractivity contribution >= 4 is 11.9 Å². The second kappa shape index (κ2) is 6.81. The molecule has 2 aromatic rings. The molecule has 1 heterocycles. The summed E-state index contributed by atoms with van der Waals surface area (Å²) in [5.74, 6) is 0. The van der Waals surface area contributed by atoms with Crippen molar-refractivity contribution in [3.8, 4) is 0 Å². The van der Waals surface area contributed by atoms with Gasteiger partial charge in [0.25, 0.3) is 0 Å². The molecule has 0 radical (unpaired) electrons. The molecule has 0 saturated heterocycles. The van der Waals surface area contributed by atoms with Crippen LogP contribution in [0.1, 0.15) is 11.1 Å². The Morgan fingerprint density at radius 3 is 2.74 bits per heavy atom. The molecular formula is C16H19N3. The first-order valence-corrected chi connectivity index (χ1v) is 6.42. The molecule has 2 rings (SSSR count). The summed E-state index contributed by atoms with van der Waals surface area (Å²) in [7, 11) is 4.17. The zero-order valence-corrected chi connectivity index (χ0v) is 11.5. The van der Waals surface area contributed by atoms with Crippen molar-refractivity contribution in [1.82, 2.24) is 9.88 Å². The smallest absolute Gasteiger partial charge is 0.0662 e. The third-order valence-corrected chi connectivity index (χ3v) is 2.86. The van der Waals surface area contributed by atoms with E-state index in [1.54, 1.807) is 6.20 Å². The summed E-state index contributed by atoms with van der Waals surface area (Å²) in [6.07, 6.45) is 6.45. The lowest BCUT2D eigenvalue weighted by atomic mass is 10.1. The molecular weight excluding hydrogens is 234 g/mol. The van der Waals surface area contributed by atoms with Gasteiger partial charge in [0, 0.05) is 30.7 Å². The van der Waals surface area contributed by atoms with Gasteiger partial charge >= 0.3 is 0 Å². The van der Waals surface area contributed by atoms with Gasteiger partial charge in [-0.15, -0.1) is 0 Å². The summed E-state index contributed by atoms with van der Waals surface area (Å²) < 4.78 is 0. The van der Waals surface area contributed by atoms with E-state index in [0.717, 1.165) is 24.2 Å². The quantitative estimate of drug-likeness (QED) is 0.766. The average Bonchev–Trinajstić information content (AvgIpc) is 2.45. The number of hydrogen-bond acceptors (Lipinski definition) is 3. The van der Waals surface area contributed by atoms with Crippen LogP contribution < -0.4 is 0 Å². The molecule has 3 heteroatoms. The SMILES string of the molecule is CN(C)CCc1ccccc1N=Cc1cccnc1. The zero-order chi connectivity index (χ0) is 13.5. The van der Waals surface area contributed by atoms with Gasteiger partial charge in [-0.05, 0) is 38.2 Å². The van der Waals surface area contributed by atoms with Crippen molar-refractivity contribution < 1.29 is 0 Å². The maximum Gasteiger partial charge on any atom is 0.0662 e. The van der Waals surface area contributed by atoms with Gasteiger partial charge in [0.2, 0.25) is 0 Å². The summed E-state index contributed by atoms with van der Waals surface area (Å²) in [5.41, 5.74) is 3.33. The van der Waals surface area contributed by atoms with Crippen LogP contribution in [0.3, 0.4) is 0 Å². The van der Waals surface area contributed by atoms with Gasteiger partial charge in [0.1, 0.15) is 0 Å². The van der Waals surface area contributed by atoms with Crippen LogP contribution in [0.2, 0.25) is 0 Å². The van der Waals surface area contributed by atoms with Crippen LogP contribution in [0, 0.1) is 0 Å². The highest BCUT2D eigenvalue weighted by Crippen LogP contribution is 2.19. The number of nitrogens with zero attached hydrogens (tertiary/aromatic N) is 3. The van der Waals surface area contributed by atoms with Gasteiger partial charge in [-0.25, -0.2) is 0 Å². The van der Waals surface area contributed by atoms with Crippen LogP contribution in [0.25, 0.3) is 0 Å². The number of para-hydroxylation sites is 1. The van der Waals surface area contributed by atoms with E-state index in [-0.39, 0.29) is 0 Å². The fourth-order valence-corrected chi connectivity index (χ4v) is 1.79. The number of rotatable bonds is 5. The third kappa shape index (κ3) is 4.30. The van der Waals surface area contributed by atoms with E-state index in [4.69, 9.17) is 0 Å². The first kappa shape index (κ1) is 13.4. The van der Waals surface area contributed by atoms with Crippen LogP contribution in [0.4, 0.5) is 5.69 Å². The average molecular weight is 253 g/mol. The fourth-order valence-electron chi connectivity index (χ4n) is 1.79. The molecule has 19 heavy (non-hydrogen) atoms. The summed E-state index contributed by atoms with van der Waals surface area (Å²) in [6, 6.07) is 12.2. The second-order valence-corrected chi connectivity index (χ2v) is 4.73. The fraction of sp³-hybridized carbons (Fsp3) is 0.250. The van der Waals surface area contributed by atoms with E-state index < -0.39 is 0 Å². The highest BCUT2D eigenvalue weighted by Gasteiger charge is 2.00. The molecule has 0 aliphatic rings. The molecule has 0 amide bonds. The molecule has 1 aromatic heterocycles. The Kier molecular flexibility index (Phi) is 4.81. The Hall–Kier alpha value is -2.00. The summed E-state index contributed by atoms with van der Waals surface area (Å²) in [4.78, 5) is 10.8. The predicted octanol–water partition coefficient (Wildman–Crippen LogP) is 2.94. The Morgan fingerprint density at radius 2 is 2.00 bits per heavy atom. The highest BCUT2D eigenvalue weighted by atomic mass is 15.0. The highest BCUT2D eigenvalue weighted by molar-refractivity contribution is 5.81. The monoisotopic (exact) mass is 253 g/mol. The van der Waals surface area contributed by atoms with E-state index in [1.807, 2.05) is 30.6 Å². The molecule has 98 valence electrons. The van der Waals surface area contributed by atoms with E-state index in [0.29, 0.717) is 0 Å². The van der Waals surface area contributed by atoms with Gasteiger partial charge in [-0.1, -0.05) is 24.3 Å². The molecule has 0 unspecified atom stereocenters. The molecule has 0 spiro atoms. The van der Waals surface area contributed by atoms with Crippen LogP contribution in [0.5, 0.6) is 0 Å². The number of aromatic nitrogens is 1. The van der Waals surface area contributed by atoms with Gasteiger partial charge < -0.3 is 4.90 Å². The molecule has 0 bridgehead atoms. The molecule has 1 aromatic carbocycles. The Labute approximate surface area is 114 Å². The Bertz CT molecular complexity index is 533. The van der Waals surface area contributed by atoms with Crippen molar-refractivity contribution in [3.63, 3.8) is 0 Å². The van der Waals surface area contributed by atoms with Crippen molar-refractivity contribution in [2.24, 2.45) is 4.99 Å². The predicted molar refractivity (Wildman–Crippen MR) is 80.2 cm³/mol. The minimum atomic E-state index is 1.01. The number of likely N-dealkylation sites (N-methyl/N-ethyl adjacent to an activating group) is 1. The molecule has 0 N–H and O–H groups in total. The van der Waals surface area contributed by atoms with Crippen molar-refractivity contribution in [2.45, 2.75) is 6.42 Å². The van der Waals surface area contributed by atoms with Gasteiger partial charge in [0.05, 0.1) is 5.69 Å². The van der Waals surface area contributed by atoms with Gasteiger partial charge in [0.15, 0.2) is 0 Å². The topological polar surface area (TPSA) is 28.5 Å². The molecule has 0 saturated carbocycles. The van der Waals surface area contributed by atoms with Gasteiger partial charge in [-0.2, -0.15) is 0 Å². The first-order chi connectivity index (χ1) is 9.25. The zero-order valence-electron chi connectivity index (χ0n) is 11.5. The summed E-state index contributed by atoms with van der Waals surface area (Å²) in [5, 5.41) is 0. The lowest BCUT2D eigenvalue weighted by Gasteiger charge is -2.10. The van der Waals surface area contributed by atoms with E-state index >= 15 is 0 Å².